The molecule has 35 heavy (non-hydrogen) atoms. The Bertz CT molecular complexity index is 1690. The van der Waals surface area contributed by atoms with Crippen molar-refractivity contribution in [1.29, 1.82) is 0 Å². The zero-order valence-electron chi connectivity index (χ0n) is 18.4. The van der Waals surface area contributed by atoms with Gasteiger partial charge in [0.2, 0.25) is 0 Å². The summed E-state index contributed by atoms with van der Waals surface area (Å²) in [6.07, 6.45) is 6.43. The van der Waals surface area contributed by atoms with Crippen molar-refractivity contribution in [3.63, 3.8) is 0 Å². The molecule has 0 aliphatic carbocycles. The number of aromatic amines is 2. The van der Waals surface area contributed by atoms with Crippen molar-refractivity contribution in [2.24, 2.45) is 0 Å². The molecule has 174 valence electrons. The Balaban J connectivity index is 1.48. The summed E-state index contributed by atoms with van der Waals surface area (Å²) < 4.78 is 29.5. The second-order valence-corrected chi connectivity index (χ2v) is 8.93. The van der Waals surface area contributed by atoms with E-state index in [0.717, 1.165) is 33.9 Å². The van der Waals surface area contributed by atoms with Gasteiger partial charge >= 0.3 is 0 Å². The Hall–Kier alpha value is -4.09. The lowest BCUT2D eigenvalue weighted by Crippen LogP contribution is -2.11. The third kappa shape index (κ3) is 3.74. The van der Waals surface area contributed by atoms with Gasteiger partial charge in [0.15, 0.2) is 22.2 Å². The van der Waals surface area contributed by atoms with Crippen LogP contribution in [0.5, 0.6) is 0 Å². The zero-order chi connectivity index (χ0) is 23.9. The molecule has 0 bridgehead atoms. The van der Waals surface area contributed by atoms with Crippen molar-refractivity contribution < 1.29 is 8.78 Å². The van der Waals surface area contributed by atoms with E-state index < -0.39 is 5.82 Å². The van der Waals surface area contributed by atoms with Crippen LogP contribution in [0.2, 0.25) is 0 Å². The summed E-state index contributed by atoms with van der Waals surface area (Å²) in [5, 5.41) is 10.2. The molecule has 0 amide bonds. The van der Waals surface area contributed by atoms with Gasteiger partial charge in [-0.3, -0.25) is 10.1 Å². The molecule has 0 saturated heterocycles. The third-order valence-corrected chi connectivity index (χ3v) is 6.58. The lowest BCUT2D eigenvalue weighted by molar-refractivity contribution is 0.642. The number of hydrogen-bond acceptors (Lipinski definition) is 7. The van der Waals surface area contributed by atoms with E-state index in [0.29, 0.717) is 40.4 Å². The van der Waals surface area contributed by atoms with Gasteiger partial charge in [-0.15, -0.1) is 11.3 Å². The first kappa shape index (κ1) is 21.4. The molecule has 6 heterocycles. The quantitative estimate of drug-likeness (QED) is 0.302. The van der Waals surface area contributed by atoms with E-state index in [2.05, 4.69) is 40.4 Å². The van der Waals surface area contributed by atoms with Crippen molar-refractivity contribution >= 4 is 33.5 Å². The summed E-state index contributed by atoms with van der Waals surface area (Å²) in [5.74, 6) is -0.119. The van der Waals surface area contributed by atoms with Gasteiger partial charge in [-0.1, -0.05) is 6.92 Å². The van der Waals surface area contributed by atoms with Gasteiger partial charge in [0.1, 0.15) is 11.5 Å². The number of hydrogen-bond donors (Lipinski definition) is 3. The molecule has 0 aromatic carbocycles. The minimum atomic E-state index is -0.477. The second-order valence-electron chi connectivity index (χ2n) is 7.89. The van der Waals surface area contributed by atoms with E-state index >= 15 is 4.39 Å². The molecule has 3 N–H and O–H groups in total. The first-order valence-corrected chi connectivity index (χ1v) is 11.7. The number of H-pyrrole nitrogens is 2. The van der Waals surface area contributed by atoms with Crippen LogP contribution < -0.4 is 5.32 Å². The average molecular weight is 489 g/mol. The van der Waals surface area contributed by atoms with E-state index in [1.165, 1.54) is 12.3 Å². The van der Waals surface area contributed by atoms with Gasteiger partial charge in [0.25, 0.3) is 0 Å². The average Bonchev–Trinajstić information content (AvgIpc) is 3.60. The first-order chi connectivity index (χ1) is 17.1. The fraction of sp³-hybridized carbons (Fsp3) is 0.125. The molecule has 6 rings (SSSR count). The Morgan fingerprint density at radius 3 is 2.77 bits per heavy atom. The maximum absolute atomic E-state index is 15.9. The third-order valence-electron chi connectivity index (χ3n) is 5.67. The molecule has 0 unspecified atom stereocenters. The first-order valence-electron chi connectivity index (χ1n) is 10.9. The monoisotopic (exact) mass is 488 g/mol. The SMILES string of the molecule is CCNCc1cncc(-c2cnc3n[nH]c(-c4nc5nccc(-c6ccc(F)s6)c5[nH]4)c3c2F)c1. The molecule has 6 aromatic rings. The minimum Gasteiger partial charge on any atom is -0.335 e. The fourth-order valence-electron chi connectivity index (χ4n) is 4.02. The number of imidazole rings is 1. The zero-order valence-corrected chi connectivity index (χ0v) is 19.2. The molecular formula is C24H18F2N8S. The Morgan fingerprint density at radius 1 is 1.03 bits per heavy atom. The number of thiophene rings is 1. The van der Waals surface area contributed by atoms with Crippen molar-refractivity contribution in [2.75, 3.05) is 6.54 Å². The summed E-state index contributed by atoms with van der Waals surface area (Å²) in [7, 11) is 0. The minimum absolute atomic E-state index is 0.211. The van der Waals surface area contributed by atoms with Crippen LogP contribution in [-0.2, 0) is 6.54 Å². The fourth-order valence-corrected chi connectivity index (χ4v) is 4.78. The number of nitrogens with zero attached hydrogens (tertiary/aromatic N) is 5. The second kappa shape index (κ2) is 8.60. The van der Waals surface area contributed by atoms with Crippen LogP contribution >= 0.6 is 11.3 Å². The van der Waals surface area contributed by atoms with Crippen LogP contribution in [0.15, 0.2) is 49.1 Å². The summed E-state index contributed by atoms with van der Waals surface area (Å²) in [6, 6.07) is 6.79. The van der Waals surface area contributed by atoms with E-state index in [1.807, 2.05) is 13.0 Å². The predicted octanol–water partition coefficient (Wildman–Crippen LogP) is 5.07. The highest BCUT2D eigenvalue weighted by molar-refractivity contribution is 7.14. The van der Waals surface area contributed by atoms with Gasteiger partial charge in [-0.2, -0.15) is 9.49 Å². The molecular weight excluding hydrogens is 470 g/mol. The molecule has 11 heteroatoms. The molecule has 0 spiro atoms. The van der Waals surface area contributed by atoms with Crippen LogP contribution in [-0.4, -0.2) is 41.7 Å². The maximum atomic E-state index is 15.9. The molecule has 8 nitrogen and oxygen atoms in total. The highest BCUT2D eigenvalue weighted by Gasteiger charge is 2.21. The standard InChI is InChI=1S/C24H18F2N8S/c1-2-27-8-12-7-13(10-28-9-12)15-11-30-22-18(19(15)26)21(33-34-22)24-31-20-14(5-6-29-23(20)32-24)16-3-4-17(25)35-16/h3-7,9-11,27H,2,8H2,1H3,(H,29,31,32)(H,30,33,34). The number of nitrogens with one attached hydrogen (secondary N) is 3. The van der Waals surface area contributed by atoms with E-state index in [9.17, 15) is 4.39 Å². The smallest absolute Gasteiger partial charge is 0.184 e. The van der Waals surface area contributed by atoms with Crippen LogP contribution in [0.1, 0.15) is 12.5 Å². The highest BCUT2D eigenvalue weighted by Crippen LogP contribution is 2.35. The highest BCUT2D eigenvalue weighted by atomic mass is 32.1. The Kier molecular flexibility index (Phi) is 5.27. The molecule has 0 radical (unpaired) electrons. The normalized spacial score (nSPS) is 11.6. The number of halogens is 2. The molecule has 0 saturated carbocycles. The number of fused-ring (bicyclic) bond motifs is 2. The van der Waals surface area contributed by atoms with Crippen LogP contribution in [0.4, 0.5) is 8.78 Å². The lowest BCUT2D eigenvalue weighted by atomic mass is 10.1. The van der Waals surface area contributed by atoms with Gasteiger partial charge < -0.3 is 10.3 Å². The van der Waals surface area contributed by atoms with Gasteiger partial charge in [0.05, 0.1) is 10.9 Å². The summed E-state index contributed by atoms with van der Waals surface area (Å²) in [5.41, 5.74) is 4.27. The van der Waals surface area contributed by atoms with Crippen LogP contribution in [0.25, 0.3) is 55.3 Å². The van der Waals surface area contributed by atoms with Gasteiger partial charge in [0, 0.05) is 52.9 Å². The lowest BCUT2D eigenvalue weighted by Gasteiger charge is -2.07. The molecule has 0 aliphatic heterocycles. The largest absolute Gasteiger partial charge is 0.335 e. The number of rotatable bonds is 6. The summed E-state index contributed by atoms with van der Waals surface area (Å²) >= 11 is 1.03. The van der Waals surface area contributed by atoms with Crippen molar-refractivity contribution in [3.8, 4) is 33.1 Å². The Labute approximate surface area is 201 Å². The van der Waals surface area contributed by atoms with Gasteiger partial charge in [-0.05, 0) is 36.4 Å². The number of aromatic nitrogens is 7. The van der Waals surface area contributed by atoms with Crippen LogP contribution in [0.3, 0.4) is 0 Å². The topological polar surface area (TPSA) is 108 Å². The molecule has 0 fully saturated rings. The van der Waals surface area contributed by atoms with Crippen molar-refractivity contribution in [2.45, 2.75) is 13.5 Å². The summed E-state index contributed by atoms with van der Waals surface area (Å²) in [6.45, 7) is 3.47. The van der Waals surface area contributed by atoms with Crippen molar-refractivity contribution in [3.05, 3.63) is 65.6 Å². The van der Waals surface area contributed by atoms with E-state index in [4.69, 9.17) is 0 Å². The summed E-state index contributed by atoms with van der Waals surface area (Å²) in [4.78, 5) is 21.4. The van der Waals surface area contributed by atoms with Crippen LogP contribution in [0, 0.1) is 10.9 Å². The number of pyridine rings is 3. The molecule has 0 aliphatic rings. The van der Waals surface area contributed by atoms with E-state index in [-0.39, 0.29) is 16.2 Å². The Morgan fingerprint density at radius 2 is 1.94 bits per heavy atom. The van der Waals surface area contributed by atoms with Gasteiger partial charge in [-0.25, -0.2) is 19.3 Å². The van der Waals surface area contributed by atoms with Crippen molar-refractivity contribution in [1.82, 2.24) is 40.4 Å². The molecule has 0 atom stereocenters. The molecule has 6 aromatic heterocycles. The van der Waals surface area contributed by atoms with E-state index in [1.54, 1.807) is 30.7 Å². The predicted molar refractivity (Wildman–Crippen MR) is 131 cm³/mol. The maximum Gasteiger partial charge on any atom is 0.184 e.